The molecule has 0 aliphatic carbocycles. The van der Waals surface area contributed by atoms with Gasteiger partial charge in [0.1, 0.15) is 29.1 Å². The molecule has 1 saturated heterocycles. The summed E-state index contributed by atoms with van der Waals surface area (Å²) < 4.78 is 29.2. The Hall–Kier alpha value is -3.25. The monoisotopic (exact) mass is 356 g/mol. The fourth-order valence-electron chi connectivity index (χ4n) is 3.34. The van der Waals surface area contributed by atoms with Crippen molar-refractivity contribution in [1.29, 1.82) is 5.26 Å². The second-order valence-corrected chi connectivity index (χ2v) is 6.15. The second kappa shape index (κ2) is 5.93. The molecule has 3 N–H and O–H groups in total. The van der Waals surface area contributed by atoms with Crippen LogP contribution in [0.25, 0.3) is 5.65 Å². The Morgan fingerprint density at radius 3 is 2.88 bits per heavy atom. The van der Waals surface area contributed by atoms with Crippen molar-refractivity contribution in [2.75, 3.05) is 17.2 Å². The van der Waals surface area contributed by atoms with Crippen LogP contribution in [0.3, 0.4) is 0 Å². The molecule has 0 unspecified atom stereocenters. The lowest BCUT2D eigenvalue weighted by molar-refractivity contribution is 0.194. The molecule has 7 nitrogen and oxygen atoms in total. The van der Waals surface area contributed by atoms with Crippen molar-refractivity contribution in [3.63, 3.8) is 0 Å². The standard InChI is InChI=1S/C17H14F2N6O/c18-9-1-2-13(19)11(5-9)14-6-10(26)8-24(14)15-3-4-25-17(22-15)12(7-20)16(21)23-25/h1-5,10,14,26H,6,8H2,(H2,21,23)/t10-,14+/m0/s1. The molecule has 0 spiro atoms. The van der Waals surface area contributed by atoms with Gasteiger partial charge in [0.05, 0.1) is 12.1 Å². The zero-order valence-electron chi connectivity index (χ0n) is 13.5. The van der Waals surface area contributed by atoms with Crippen molar-refractivity contribution in [3.05, 3.63) is 53.2 Å². The molecule has 9 heteroatoms. The van der Waals surface area contributed by atoms with Crippen molar-refractivity contribution in [2.45, 2.75) is 18.6 Å². The van der Waals surface area contributed by atoms with Gasteiger partial charge in [-0.1, -0.05) is 0 Å². The third-order valence-electron chi connectivity index (χ3n) is 4.50. The largest absolute Gasteiger partial charge is 0.391 e. The van der Waals surface area contributed by atoms with Gasteiger partial charge < -0.3 is 15.7 Å². The van der Waals surface area contributed by atoms with E-state index in [0.29, 0.717) is 5.82 Å². The normalized spacial score (nSPS) is 19.8. The number of aliphatic hydroxyl groups excluding tert-OH is 1. The van der Waals surface area contributed by atoms with Gasteiger partial charge in [0, 0.05) is 18.3 Å². The van der Waals surface area contributed by atoms with Gasteiger partial charge in [-0.05, 0) is 30.7 Å². The molecule has 0 radical (unpaired) electrons. The predicted octanol–water partition coefficient (Wildman–Crippen LogP) is 1.77. The molecule has 0 amide bonds. The van der Waals surface area contributed by atoms with E-state index in [4.69, 9.17) is 5.73 Å². The highest BCUT2D eigenvalue weighted by Gasteiger charge is 2.35. The molecule has 4 rings (SSSR count). The van der Waals surface area contributed by atoms with Crippen LogP contribution in [0.15, 0.2) is 30.5 Å². The maximum atomic E-state index is 14.2. The fraction of sp³-hybridized carbons (Fsp3) is 0.235. The summed E-state index contributed by atoms with van der Waals surface area (Å²) in [4.78, 5) is 6.10. The first kappa shape index (κ1) is 16.2. The summed E-state index contributed by atoms with van der Waals surface area (Å²) in [5, 5.41) is 23.3. The van der Waals surface area contributed by atoms with E-state index in [9.17, 15) is 19.1 Å². The Bertz CT molecular complexity index is 1040. The number of nitriles is 1. The fourth-order valence-corrected chi connectivity index (χ4v) is 3.34. The van der Waals surface area contributed by atoms with Crippen molar-refractivity contribution in [3.8, 4) is 6.07 Å². The number of aliphatic hydroxyl groups is 1. The number of benzene rings is 1. The molecule has 3 aromatic rings. The molecule has 1 aromatic carbocycles. The molecule has 3 heterocycles. The van der Waals surface area contributed by atoms with E-state index in [2.05, 4.69) is 10.1 Å². The second-order valence-electron chi connectivity index (χ2n) is 6.15. The number of halogens is 2. The van der Waals surface area contributed by atoms with E-state index in [1.54, 1.807) is 17.2 Å². The summed E-state index contributed by atoms with van der Waals surface area (Å²) in [5.41, 5.74) is 6.26. The highest BCUT2D eigenvalue weighted by Crippen LogP contribution is 2.37. The molecule has 0 bridgehead atoms. The van der Waals surface area contributed by atoms with Crippen LogP contribution in [0, 0.1) is 23.0 Å². The molecule has 1 aliphatic rings. The van der Waals surface area contributed by atoms with Crippen LogP contribution in [0.1, 0.15) is 23.6 Å². The highest BCUT2D eigenvalue weighted by molar-refractivity contribution is 5.67. The number of aromatic nitrogens is 3. The highest BCUT2D eigenvalue weighted by atomic mass is 19.1. The molecule has 2 atom stereocenters. The molecule has 26 heavy (non-hydrogen) atoms. The van der Waals surface area contributed by atoms with E-state index >= 15 is 0 Å². The average molecular weight is 356 g/mol. The number of nitrogens with two attached hydrogens (primary N) is 1. The van der Waals surface area contributed by atoms with Crippen LogP contribution in [0.5, 0.6) is 0 Å². The third-order valence-corrected chi connectivity index (χ3v) is 4.50. The van der Waals surface area contributed by atoms with Crippen molar-refractivity contribution < 1.29 is 13.9 Å². The Balaban J connectivity index is 1.81. The maximum Gasteiger partial charge on any atom is 0.177 e. The minimum absolute atomic E-state index is 0.0614. The van der Waals surface area contributed by atoms with E-state index < -0.39 is 23.8 Å². The molecule has 1 aliphatic heterocycles. The summed E-state index contributed by atoms with van der Waals surface area (Å²) in [6.45, 7) is 0.204. The topological polar surface area (TPSA) is 103 Å². The first-order valence-corrected chi connectivity index (χ1v) is 7.92. The SMILES string of the molecule is N#Cc1c(N)nn2ccc(N3C[C@@H](O)C[C@@H]3c3cc(F)ccc3F)nc12. The van der Waals surface area contributed by atoms with Gasteiger partial charge in [-0.2, -0.15) is 5.26 Å². The molecule has 1 fully saturated rings. The van der Waals surface area contributed by atoms with Crippen LogP contribution < -0.4 is 10.6 Å². The molecule has 132 valence electrons. The zero-order chi connectivity index (χ0) is 18.4. The molecular weight excluding hydrogens is 342 g/mol. The first-order chi connectivity index (χ1) is 12.5. The number of nitrogens with zero attached hydrogens (tertiary/aromatic N) is 5. The number of β-amino-alcohol motifs (C(OH)–C–C–N with tert-alkyl or cyclic N) is 1. The van der Waals surface area contributed by atoms with E-state index in [0.717, 1.165) is 18.2 Å². The lowest BCUT2D eigenvalue weighted by Gasteiger charge is -2.26. The first-order valence-electron chi connectivity index (χ1n) is 7.92. The Morgan fingerprint density at radius 1 is 1.31 bits per heavy atom. The Labute approximate surface area is 146 Å². The summed E-state index contributed by atoms with van der Waals surface area (Å²) >= 11 is 0. The van der Waals surface area contributed by atoms with E-state index in [1.807, 2.05) is 6.07 Å². The van der Waals surface area contributed by atoms with Crippen LogP contribution in [0.2, 0.25) is 0 Å². The summed E-state index contributed by atoms with van der Waals surface area (Å²) in [7, 11) is 0. The van der Waals surface area contributed by atoms with Gasteiger partial charge in [-0.3, -0.25) is 0 Å². The number of nitrogen functional groups attached to an aromatic ring is 1. The number of anilines is 2. The average Bonchev–Trinajstić information content (AvgIpc) is 3.15. The van der Waals surface area contributed by atoms with Crippen LogP contribution in [-0.2, 0) is 0 Å². The van der Waals surface area contributed by atoms with Crippen LogP contribution >= 0.6 is 0 Å². The number of hydrogen-bond donors (Lipinski definition) is 2. The van der Waals surface area contributed by atoms with E-state index in [1.165, 1.54) is 4.52 Å². The number of hydrogen-bond acceptors (Lipinski definition) is 6. The van der Waals surface area contributed by atoms with Gasteiger partial charge in [0.2, 0.25) is 0 Å². The Kier molecular flexibility index (Phi) is 3.70. The summed E-state index contributed by atoms with van der Waals surface area (Å²) in [6.07, 6.45) is 1.10. The smallest absolute Gasteiger partial charge is 0.177 e. The third kappa shape index (κ3) is 2.51. The minimum atomic E-state index is -0.717. The van der Waals surface area contributed by atoms with Crippen LogP contribution in [0.4, 0.5) is 20.4 Å². The zero-order valence-corrected chi connectivity index (χ0v) is 13.5. The molecule has 2 aromatic heterocycles. The van der Waals surface area contributed by atoms with Gasteiger partial charge in [-0.25, -0.2) is 18.3 Å². The molecule has 0 saturated carbocycles. The van der Waals surface area contributed by atoms with E-state index in [-0.39, 0.29) is 35.6 Å². The van der Waals surface area contributed by atoms with Crippen molar-refractivity contribution in [2.24, 2.45) is 0 Å². The van der Waals surface area contributed by atoms with Gasteiger partial charge in [0.25, 0.3) is 0 Å². The lowest BCUT2D eigenvalue weighted by atomic mass is 10.0. The minimum Gasteiger partial charge on any atom is -0.391 e. The van der Waals surface area contributed by atoms with Gasteiger partial charge >= 0.3 is 0 Å². The predicted molar refractivity (Wildman–Crippen MR) is 89.2 cm³/mol. The molecular formula is C17H14F2N6O. The van der Waals surface area contributed by atoms with Crippen molar-refractivity contribution >= 4 is 17.3 Å². The van der Waals surface area contributed by atoms with Gasteiger partial charge in [0.15, 0.2) is 11.5 Å². The number of rotatable bonds is 2. The summed E-state index contributed by atoms with van der Waals surface area (Å²) in [6, 6.07) is 6.24. The maximum absolute atomic E-state index is 14.2. The summed E-state index contributed by atoms with van der Waals surface area (Å²) in [5.74, 6) is -0.630. The van der Waals surface area contributed by atoms with Crippen LogP contribution in [-0.4, -0.2) is 32.4 Å². The quantitative estimate of drug-likeness (QED) is 0.725. The lowest BCUT2D eigenvalue weighted by Crippen LogP contribution is -2.26. The van der Waals surface area contributed by atoms with Gasteiger partial charge in [-0.15, -0.1) is 5.10 Å². The van der Waals surface area contributed by atoms with Crippen molar-refractivity contribution in [1.82, 2.24) is 14.6 Å². The Morgan fingerprint density at radius 2 is 2.12 bits per heavy atom. The number of fused-ring (bicyclic) bond motifs is 1.